The minimum atomic E-state index is -0.0110. The molecule has 2 aliphatic rings. The molecule has 2 aromatic carbocycles. The average molecular weight is 376 g/mol. The fraction of sp³-hybridized carbons (Fsp3) is 0.348. The number of ether oxygens (including phenoxy) is 2. The van der Waals surface area contributed by atoms with Crippen LogP contribution in [0.3, 0.4) is 0 Å². The number of aromatic nitrogens is 1. The number of hydrogen-bond acceptors (Lipinski definition) is 4. The summed E-state index contributed by atoms with van der Waals surface area (Å²) in [4.78, 5) is 5.51. The van der Waals surface area contributed by atoms with Crippen molar-refractivity contribution in [2.24, 2.45) is 11.1 Å². The van der Waals surface area contributed by atoms with Crippen LogP contribution in [0.4, 0.5) is 0 Å². The van der Waals surface area contributed by atoms with Crippen LogP contribution in [0.1, 0.15) is 30.9 Å². The SMILES string of the molecule is CCOc1cccc2c1OC[C@@H]1CON=C1[C@H]2c1cn(CC)c2ccccc12. The molecule has 2 atom stereocenters. The Labute approximate surface area is 164 Å². The van der Waals surface area contributed by atoms with Gasteiger partial charge in [-0.15, -0.1) is 0 Å². The van der Waals surface area contributed by atoms with Crippen molar-refractivity contribution < 1.29 is 14.3 Å². The number of para-hydroxylation sites is 2. The molecule has 5 rings (SSSR count). The molecule has 0 saturated carbocycles. The van der Waals surface area contributed by atoms with E-state index in [2.05, 4.69) is 53.2 Å². The van der Waals surface area contributed by atoms with E-state index in [-0.39, 0.29) is 11.8 Å². The summed E-state index contributed by atoms with van der Waals surface area (Å²) in [6, 6.07) is 14.7. The highest BCUT2D eigenvalue weighted by molar-refractivity contribution is 6.01. The van der Waals surface area contributed by atoms with Crippen molar-refractivity contribution in [2.75, 3.05) is 19.8 Å². The molecule has 0 amide bonds. The third-order valence-electron chi connectivity index (χ3n) is 5.68. The molecule has 0 aliphatic carbocycles. The Balaban J connectivity index is 1.77. The maximum absolute atomic E-state index is 6.25. The van der Waals surface area contributed by atoms with E-state index in [1.165, 1.54) is 16.5 Å². The van der Waals surface area contributed by atoms with Crippen LogP contribution in [-0.2, 0) is 11.4 Å². The predicted molar refractivity (Wildman–Crippen MR) is 109 cm³/mol. The van der Waals surface area contributed by atoms with Gasteiger partial charge in [-0.25, -0.2) is 0 Å². The van der Waals surface area contributed by atoms with Crippen LogP contribution >= 0.6 is 0 Å². The molecule has 0 spiro atoms. The number of fused-ring (bicyclic) bond motifs is 3. The first-order valence-electron chi connectivity index (χ1n) is 9.97. The second kappa shape index (κ2) is 6.89. The largest absolute Gasteiger partial charge is 0.490 e. The molecule has 0 bridgehead atoms. The number of oxime groups is 1. The predicted octanol–water partition coefficient (Wildman–Crippen LogP) is 4.59. The molecule has 1 aromatic heterocycles. The third-order valence-corrected chi connectivity index (χ3v) is 5.68. The first kappa shape index (κ1) is 17.2. The van der Waals surface area contributed by atoms with Gasteiger partial charge in [-0.3, -0.25) is 0 Å². The quantitative estimate of drug-likeness (QED) is 0.669. The summed E-state index contributed by atoms with van der Waals surface area (Å²) in [6.45, 7) is 6.81. The lowest BCUT2D eigenvalue weighted by molar-refractivity contribution is 0.136. The molecule has 3 heterocycles. The normalized spacial score (nSPS) is 20.6. The number of aryl methyl sites for hydroxylation is 1. The maximum Gasteiger partial charge on any atom is 0.165 e. The zero-order chi connectivity index (χ0) is 19.1. The van der Waals surface area contributed by atoms with Crippen molar-refractivity contribution in [2.45, 2.75) is 26.3 Å². The number of nitrogens with zero attached hydrogens (tertiary/aromatic N) is 2. The molecule has 5 heteroatoms. The topological polar surface area (TPSA) is 45.0 Å². The van der Waals surface area contributed by atoms with E-state index in [1.54, 1.807) is 0 Å². The van der Waals surface area contributed by atoms with Crippen LogP contribution < -0.4 is 9.47 Å². The van der Waals surface area contributed by atoms with E-state index < -0.39 is 0 Å². The average Bonchev–Trinajstić information content (AvgIpc) is 3.30. The van der Waals surface area contributed by atoms with Crippen LogP contribution in [0.5, 0.6) is 11.5 Å². The number of hydrogen-bond donors (Lipinski definition) is 0. The van der Waals surface area contributed by atoms with E-state index in [1.807, 2.05) is 19.1 Å². The Hall–Kier alpha value is -2.95. The molecule has 28 heavy (non-hydrogen) atoms. The summed E-state index contributed by atoms with van der Waals surface area (Å²) >= 11 is 0. The molecule has 2 aliphatic heterocycles. The van der Waals surface area contributed by atoms with E-state index in [0.717, 1.165) is 29.3 Å². The first-order chi connectivity index (χ1) is 13.8. The molecule has 0 N–H and O–H groups in total. The van der Waals surface area contributed by atoms with Gasteiger partial charge in [0.2, 0.25) is 0 Å². The highest BCUT2D eigenvalue weighted by Crippen LogP contribution is 2.45. The Morgan fingerprint density at radius 3 is 2.82 bits per heavy atom. The summed E-state index contributed by atoms with van der Waals surface area (Å²) in [5, 5.41) is 5.73. The molecule has 0 fully saturated rings. The van der Waals surface area contributed by atoms with Gasteiger partial charge in [-0.1, -0.05) is 35.5 Å². The molecule has 0 radical (unpaired) electrons. The lowest BCUT2D eigenvalue weighted by Crippen LogP contribution is -2.23. The van der Waals surface area contributed by atoms with Crippen molar-refractivity contribution >= 4 is 16.6 Å². The standard InChI is InChI=1S/C23H24N2O3/c1-3-25-12-18(16-8-5-6-10-19(16)25)21-17-9-7-11-20(26-4-2)23(17)27-13-15-14-28-24-22(15)21/h5-12,15,21H,3-4,13-14H2,1-2H3/t15-,21-/m1/s1. The molecular formula is C23H24N2O3. The van der Waals surface area contributed by atoms with Gasteiger partial charge < -0.3 is 18.9 Å². The second-order valence-electron chi connectivity index (χ2n) is 7.25. The molecular weight excluding hydrogens is 352 g/mol. The zero-order valence-corrected chi connectivity index (χ0v) is 16.2. The third kappa shape index (κ3) is 2.57. The zero-order valence-electron chi connectivity index (χ0n) is 16.2. The minimum absolute atomic E-state index is 0.0110. The van der Waals surface area contributed by atoms with Crippen LogP contribution in [0.2, 0.25) is 0 Å². The van der Waals surface area contributed by atoms with Gasteiger partial charge >= 0.3 is 0 Å². The fourth-order valence-corrected chi connectivity index (χ4v) is 4.40. The number of rotatable bonds is 4. The van der Waals surface area contributed by atoms with Gasteiger partial charge in [0, 0.05) is 29.2 Å². The maximum atomic E-state index is 6.25. The van der Waals surface area contributed by atoms with Crippen LogP contribution in [0.15, 0.2) is 53.8 Å². The molecule has 3 aromatic rings. The van der Waals surface area contributed by atoms with Gasteiger partial charge in [0.05, 0.1) is 24.2 Å². The van der Waals surface area contributed by atoms with E-state index in [9.17, 15) is 0 Å². The summed E-state index contributed by atoms with van der Waals surface area (Å²) in [5.74, 6) is 1.77. The monoisotopic (exact) mass is 376 g/mol. The lowest BCUT2D eigenvalue weighted by atomic mass is 9.82. The second-order valence-corrected chi connectivity index (χ2v) is 7.25. The van der Waals surface area contributed by atoms with Crippen LogP contribution in [-0.4, -0.2) is 30.1 Å². The van der Waals surface area contributed by atoms with Gasteiger partial charge in [-0.05, 0) is 31.5 Å². The van der Waals surface area contributed by atoms with Crippen molar-refractivity contribution in [3.63, 3.8) is 0 Å². The van der Waals surface area contributed by atoms with E-state index in [4.69, 9.17) is 14.3 Å². The Bertz CT molecular complexity index is 1050. The minimum Gasteiger partial charge on any atom is -0.490 e. The van der Waals surface area contributed by atoms with Gasteiger partial charge in [-0.2, -0.15) is 0 Å². The number of benzene rings is 2. The molecule has 0 saturated heterocycles. The molecule has 144 valence electrons. The summed E-state index contributed by atoms with van der Waals surface area (Å²) in [6.07, 6.45) is 2.26. The van der Waals surface area contributed by atoms with Crippen molar-refractivity contribution in [1.82, 2.24) is 4.57 Å². The Morgan fingerprint density at radius 2 is 1.96 bits per heavy atom. The Kier molecular flexibility index (Phi) is 4.23. The highest BCUT2D eigenvalue weighted by atomic mass is 16.6. The molecule has 5 nitrogen and oxygen atoms in total. The van der Waals surface area contributed by atoms with Gasteiger partial charge in [0.25, 0.3) is 0 Å². The summed E-state index contributed by atoms with van der Waals surface area (Å²) in [5.41, 5.74) is 4.62. The summed E-state index contributed by atoms with van der Waals surface area (Å²) in [7, 11) is 0. The van der Waals surface area contributed by atoms with E-state index in [0.29, 0.717) is 19.8 Å². The summed E-state index contributed by atoms with van der Waals surface area (Å²) < 4.78 is 14.4. The van der Waals surface area contributed by atoms with Gasteiger partial charge in [0.1, 0.15) is 13.2 Å². The fourth-order valence-electron chi connectivity index (χ4n) is 4.40. The van der Waals surface area contributed by atoms with Crippen molar-refractivity contribution in [1.29, 1.82) is 0 Å². The molecule has 0 unspecified atom stereocenters. The van der Waals surface area contributed by atoms with Crippen molar-refractivity contribution in [3.8, 4) is 11.5 Å². The van der Waals surface area contributed by atoms with Crippen LogP contribution in [0.25, 0.3) is 10.9 Å². The lowest BCUT2D eigenvalue weighted by Gasteiger charge is -2.19. The van der Waals surface area contributed by atoms with Gasteiger partial charge in [0.15, 0.2) is 11.5 Å². The highest BCUT2D eigenvalue weighted by Gasteiger charge is 2.39. The van der Waals surface area contributed by atoms with E-state index >= 15 is 0 Å². The van der Waals surface area contributed by atoms with Crippen LogP contribution in [0, 0.1) is 5.92 Å². The Morgan fingerprint density at radius 1 is 1.07 bits per heavy atom. The first-order valence-corrected chi connectivity index (χ1v) is 9.97. The van der Waals surface area contributed by atoms with Crippen molar-refractivity contribution in [3.05, 3.63) is 59.8 Å². The smallest absolute Gasteiger partial charge is 0.165 e.